The van der Waals surface area contributed by atoms with Crippen LogP contribution in [-0.2, 0) is 18.3 Å². The van der Waals surface area contributed by atoms with Crippen molar-refractivity contribution in [1.82, 2.24) is 10.2 Å². The number of hydrogen-bond acceptors (Lipinski definition) is 7. The maximum Gasteiger partial charge on any atom is 0.408 e. The molecule has 0 aliphatic carbocycles. The summed E-state index contributed by atoms with van der Waals surface area (Å²) in [6.07, 6.45) is -1.23. The summed E-state index contributed by atoms with van der Waals surface area (Å²) >= 11 is 0. The van der Waals surface area contributed by atoms with Gasteiger partial charge in [0, 0.05) is 12.1 Å². The van der Waals surface area contributed by atoms with Gasteiger partial charge in [0.2, 0.25) is 0 Å². The monoisotopic (exact) mass is 472 g/mol. The van der Waals surface area contributed by atoms with Gasteiger partial charge in [0.25, 0.3) is 0 Å². The van der Waals surface area contributed by atoms with Crippen molar-refractivity contribution in [2.24, 2.45) is 0 Å². The summed E-state index contributed by atoms with van der Waals surface area (Å²) in [6, 6.07) is -0.634. The Morgan fingerprint density at radius 2 is 1.61 bits per heavy atom. The highest BCUT2D eigenvalue weighted by Crippen LogP contribution is 2.48. The van der Waals surface area contributed by atoms with Gasteiger partial charge < -0.3 is 34.4 Å². The fourth-order valence-corrected chi connectivity index (χ4v) is 4.29. The summed E-state index contributed by atoms with van der Waals surface area (Å²) in [5.41, 5.74) is -0.464. The molecule has 0 aliphatic rings. The summed E-state index contributed by atoms with van der Waals surface area (Å²) < 4.78 is 27.6. The van der Waals surface area contributed by atoms with E-state index in [-0.39, 0.29) is 25.3 Å². The molecule has 0 aliphatic heterocycles. The van der Waals surface area contributed by atoms with Crippen LogP contribution in [0.4, 0.5) is 9.59 Å². The molecule has 0 aromatic rings. The van der Waals surface area contributed by atoms with Crippen molar-refractivity contribution in [3.05, 3.63) is 0 Å². The number of ether oxygens (including phenoxy) is 1. The highest BCUT2D eigenvalue weighted by molar-refractivity contribution is 7.53. The standard InChI is InChI=1S/C11H24NO6P.C8H17NO3/c1-4-17-19(15,18-5-2)8-6-7-16-9-10(3)12-11(13)14;1-6(5-10)9(7(11)12)8(2,3)4/h10,12H,4-9H2,1-3H3,(H,13,14);6,10H,5H2,1-4H3,(H,11,12)/t;6-/m.0/s1. The van der Waals surface area contributed by atoms with E-state index in [9.17, 15) is 14.2 Å². The lowest BCUT2D eigenvalue weighted by Gasteiger charge is -2.37. The molecule has 1 unspecified atom stereocenters. The number of carbonyl (C=O) groups is 2. The first kappa shape index (κ1) is 31.8. The minimum atomic E-state index is -3.00. The molecule has 0 rings (SSSR count). The van der Waals surface area contributed by atoms with Crippen LogP contribution in [0.25, 0.3) is 0 Å². The van der Waals surface area contributed by atoms with Crippen LogP contribution in [0, 0.1) is 0 Å². The quantitative estimate of drug-likeness (QED) is 0.233. The molecule has 0 aromatic heterocycles. The van der Waals surface area contributed by atoms with Crippen molar-refractivity contribution in [2.45, 2.75) is 72.5 Å². The fraction of sp³-hybridized carbons (Fsp3) is 0.895. The maximum atomic E-state index is 12.1. The number of carboxylic acid groups (broad SMARTS) is 2. The Morgan fingerprint density at radius 3 is 1.94 bits per heavy atom. The molecule has 0 bridgehead atoms. The number of aliphatic hydroxyl groups excluding tert-OH is 1. The van der Waals surface area contributed by atoms with E-state index in [2.05, 4.69) is 5.32 Å². The van der Waals surface area contributed by atoms with Crippen molar-refractivity contribution >= 4 is 19.8 Å². The molecule has 0 heterocycles. The smallest absolute Gasteiger partial charge is 0.408 e. The van der Waals surface area contributed by atoms with Gasteiger partial charge in [-0.1, -0.05) is 0 Å². The van der Waals surface area contributed by atoms with Crippen LogP contribution < -0.4 is 5.32 Å². The summed E-state index contributed by atoms with van der Waals surface area (Å²) in [4.78, 5) is 22.3. The zero-order chi connectivity index (χ0) is 24.7. The van der Waals surface area contributed by atoms with Crippen LogP contribution >= 0.6 is 7.60 Å². The predicted molar refractivity (Wildman–Crippen MR) is 118 cm³/mol. The van der Waals surface area contributed by atoms with E-state index < -0.39 is 25.3 Å². The van der Waals surface area contributed by atoms with E-state index in [0.29, 0.717) is 32.4 Å². The normalized spacial score (nSPS) is 13.5. The summed E-state index contributed by atoms with van der Waals surface area (Å²) in [6.45, 7) is 13.5. The van der Waals surface area contributed by atoms with Gasteiger partial charge in [0.1, 0.15) is 0 Å². The van der Waals surface area contributed by atoms with Crippen molar-refractivity contribution in [2.75, 3.05) is 39.2 Å². The lowest BCUT2D eigenvalue weighted by atomic mass is 10.0. The Bertz CT molecular complexity index is 545. The number of amides is 2. The highest BCUT2D eigenvalue weighted by atomic mass is 31.2. The van der Waals surface area contributed by atoms with Crippen molar-refractivity contribution in [1.29, 1.82) is 0 Å². The van der Waals surface area contributed by atoms with Crippen LogP contribution in [0.3, 0.4) is 0 Å². The van der Waals surface area contributed by atoms with Gasteiger partial charge in [-0.3, -0.25) is 9.46 Å². The molecule has 0 saturated carbocycles. The lowest BCUT2D eigenvalue weighted by molar-refractivity contribution is 0.0532. The minimum absolute atomic E-state index is 0.149. The molecular weight excluding hydrogens is 431 g/mol. The number of nitrogens with zero attached hydrogens (tertiary/aromatic N) is 1. The minimum Gasteiger partial charge on any atom is -0.465 e. The van der Waals surface area contributed by atoms with Gasteiger partial charge >= 0.3 is 19.8 Å². The number of hydrogen-bond donors (Lipinski definition) is 4. The van der Waals surface area contributed by atoms with E-state index in [1.807, 2.05) is 0 Å². The van der Waals surface area contributed by atoms with E-state index >= 15 is 0 Å². The van der Waals surface area contributed by atoms with Gasteiger partial charge in [0.05, 0.1) is 44.7 Å². The second kappa shape index (κ2) is 16.3. The van der Waals surface area contributed by atoms with Gasteiger partial charge in [-0.25, -0.2) is 9.59 Å². The largest absolute Gasteiger partial charge is 0.465 e. The molecule has 0 spiro atoms. The number of rotatable bonds is 13. The first-order chi connectivity index (χ1) is 14.2. The Kier molecular flexibility index (Phi) is 16.7. The Morgan fingerprint density at radius 1 is 1.10 bits per heavy atom. The van der Waals surface area contributed by atoms with Crippen LogP contribution in [0.15, 0.2) is 0 Å². The SMILES string of the molecule is CCOP(=O)(CCCOCC(C)NC(=O)O)OCC.C[C@@H](CO)N(C(=O)O)C(C)(C)C. The summed E-state index contributed by atoms with van der Waals surface area (Å²) in [5.74, 6) is 0. The van der Waals surface area contributed by atoms with Crippen LogP contribution in [0.1, 0.15) is 54.9 Å². The molecule has 0 saturated heterocycles. The van der Waals surface area contributed by atoms with Gasteiger partial charge in [-0.2, -0.15) is 0 Å². The molecule has 2 amide bonds. The molecule has 186 valence electrons. The third-order valence-electron chi connectivity index (χ3n) is 3.74. The molecule has 12 heteroatoms. The second-order valence-electron chi connectivity index (χ2n) is 7.80. The average molecular weight is 473 g/mol. The third kappa shape index (κ3) is 16.0. The fourth-order valence-electron chi connectivity index (χ4n) is 2.65. The lowest BCUT2D eigenvalue weighted by Crippen LogP contribution is -2.51. The highest BCUT2D eigenvalue weighted by Gasteiger charge is 2.30. The number of aliphatic hydroxyl groups is 1. The Balaban J connectivity index is 0. The topological polar surface area (TPSA) is 155 Å². The predicted octanol–water partition coefficient (Wildman–Crippen LogP) is 3.46. The zero-order valence-corrected chi connectivity index (χ0v) is 20.7. The van der Waals surface area contributed by atoms with Crippen molar-refractivity contribution in [3.8, 4) is 0 Å². The van der Waals surface area contributed by atoms with E-state index in [1.54, 1.807) is 48.5 Å². The molecule has 11 nitrogen and oxygen atoms in total. The van der Waals surface area contributed by atoms with Crippen molar-refractivity contribution < 1.29 is 43.3 Å². The van der Waals surface area contributed by atoms with Crippen LogP contribution in [-0.4, -0.2) is 89.2 Å². The van der Waals surface area contributed by atoms with Crippen LogP contribution in [0.2, 0.25) is 0 Å². The molecule has 4 N–H and O–H groups in total. The molecule has 31 heavy (non-hydrogen) atoms. The van der Waals surface area contributed by atoms with E-state index in [1.165, 1.54) is 4.90 Å². The Labute approximate surface area is 185 Å². The first-order valence-electron chi connectivity index (χ1n) is 10.3. The van der Waals surface area contributed by atoms with Gasteiger partial charge in [-0.15, -0.1) is 0 Å². The van der Waals surface area contributed by atoms with E-state index in [0.717, 1.165) is 0 Å². The summed E-state index contributed by atoms with van der Waals surface area (Å²) in [7, 11) is -3.00. The third-order valence-corrected chi connectivity index (χ3v) is 5.91. The van der Waals surface area contributed by atoms with Crippen LogP contribution in [0.5, 0.6) is 0 Å². The maximum absolute atomic E-state index is 12.1. The molecule has 0 fully saturated rings. The second-order valence-corrected chi connectivity index (χ2v) is 9.99. The molecular formula is C19H41N2O9P. The molecule has 2 atom stereocenters. The molecule has 0 aromatic carbocycles. The van der Waals surface area contributed by atoms with Gasteiger partial charge in [-0.05, 0) is 54.9 Å². The summed E-state index contributed by atoms with van der Waals surface area (Å²) in [5, 5.41) is 28.4. The first-order valence-corrected chi connectivity index (χ1v) is 12.0. The van der Waals surface area contributed by atoms with Gasteiger partial charge in [0.15, 0.2) is 0 Å². The van der Waals surface area contributed by atoms with Crippen molar-refractivity contribution in [3.63, 3.8) is 0 Å². The number of nitrogens with one attached hydrogen (secondary N) is 1. The average Bonchev–Trinajstić information content (AvgIpc) is 2.60. The zero-order valence-electron chi connectivity index (χ0n) is 19.8. The Hall–Kier alpha value is -1.39. The van der Waals surface area contributed by atoms with E-state index in [4.69, 9.17) is 29.1 Å². The molecule has 0 radical (unpaired) electrons.